The molecule has 1 fully saturated rings. The van der Waals surface area contributed by atoms with E-state index < -0.39 is 0 Å². The highest BCUT2D eigenvalue weighted by Crippen LogP contribution is 2.28. The molecule has 0 radical (unpaired) electrons. The molecule has 4 heteroatoms. The number of aliphatic hydroxyl groups is 1. The van der Waals surface area contributed by atoms with Crippen molar-refractivity contribution in [2.75, 3.05) is 0 Å². The molecule has 17 heavy (non-hydrogen) atoms. The van der Waals surface area contributed by atoms with Gasteiger partial charge in [0.2, 0.25) is 0 Å². The Morgan fingerprint density at radius 2 is 2.12 bits per heavy atom. The number of thiophene rings is 1. The van der Waals surface area contributed by atoms with Gasteiger partial charge < -0.3 is 10.4 Å². The Hall–Kier alpha value is -0.0900. The maximum Gasteiger partial charge on any atom is 0.0931 e. The first-order chi connectivity index (χ1) is 8.16. The number of hydrogen-bond acceptors (Lipinski definition) is 3. The molecule has 0 bridgehead atoms. The molecule has 3 atom stereocenters. The van der Waals surface area contributed by atoms with Gasteiger partial charge in [0.1, 0.15) is 0 Å². The standard InChI is InChI=1S/C13H20ClNOS/c1-9(12-7-8-13(14)17-12)15-10-5-3-2-4-6-11(10)16/h7-11,15-16H,2-6H2,1H3. The largest absolute Gasteiger partial charge is 0.392 e. The van der Waals surface area contributed by atoms with E-state index in [9.17, 15) is 5.11 Å². The monoisotopic (exact) mass is 273 g/mol. The van der Waals surface area contributed by atoms with E-state index in [2.05, 4.69) is 18.3 Å². The molecule has 1 aliphatic carbocycles. The predicted octanol–water partition coefficient (Wildman–Crippen LogP) is 3.75. The fourth-order valence-electron chi connectivity index (χ4n) is 2.45. The van der Waals surface area contributed by atoms with E-state index in [-0.39, 0.29) is 18.2 Å². The van der Waals surface area contributed by atoms with Crippen molar-refractivity contribution < 1.29 is 5.11 Å². The van der Waals surface area contributed by atoms with Gasteiger partial charge in [0, 0.05) is 17.0 Å². The lowest BCUT2D eigenvalue weighted by atomic mass is 10.0. The third kappa shape index (κ3) is 3.68. The van der Waals surface area contributed by atoms with E-state index in [1.165, 1.54) is 17.7 Å². The van der Waals surface area contributed by atoms with Crippen LogP contribution in [0.4, 0.5) is 0 Å². The average molecular weight is 274 g/mol. The minimum atomic E-state index is -0.199. The van der Waals surface area contributed by atoms with Gasteiger partial charge in [-0.05, 0) is 31.9 Å². The molecule has 2 nitrogen and oxygen atoms in total. The summed E-state index contributed by atoms with van der Waals surface area (Å²) in [5, 5.41) is 13.6. The molecule has 1 aliphatic rings. The zero-order valence-electron chi connectivity index (χ0n) is 10.2. The molecule has 1 saturated carbocycles. The van der Waals surface area contributed by atoms with Gasteiger partial charge in [0.15, 0.2) is 0 Å². The number of rotatable bonds is 3. The minimum absolute atomic E-state index is 0.199. The molecule has 1 heterocycles. The molecule has 2 rings (SSSR count). The molecular formula is C13H20ClNOS. The second-order valence-electron chi connectivity index (χ2n) is 4.84. The third-order valence-electron chi connectivity index (χ3n) is 3.46. The van der Waals surface area contributed by atoms with Crippen LogP contribution in [0.2, 0.25) is 4.34 Å². The molecular weight excluding hydrogens is 254 g/mol. The van der Waals surface area contributed by atoms with E-state index >= 15 is 0 Å². The summed E-state index contributed by atoms with van der Waals surface area (Å²) in [6, 6.07) is 4.50. The summed E-state index contributed by atoms with van der Waals surface area (Å²) in [6.07, 6.45) is 5.41. The van der Waals surface area contributed by atoms with Crippen LogP contribution >= 0.6 is 22.9 Å². The molecule has 3 unspecified atom stereocenters. The Bertz CT molecular complexity index is 355. The maximum absolute atomic E-state index is 10.1. The van der Waals surface area contributed by atoms with Gasteiger partial charge in [-0.15, -0.1) is 11.3 Å². The van der Waals surface area contributed by atoms with Crippen molar-refractivity contribution in [1.29, 1.82) is 0 Å². The van der Waals surface area contributed by atoms with Crippen LogP contribution < -0.4 is 5.32 Å². The minimum Gasteiger partial charge on any atom is -0.392 e. The van der Waals surface area contributed by atoms with Crippen LogP contribution in [0.25, 0.3) is 0 Å². The highest BCUT2D eigenvalue weighted by molar-refractivity contribution is 7.16. The fourth-order valence-corrected chi connectivity index (χ4v) is 3.52. The van der Waals surface area contributed by atoms with Gasteiger partial charge in [0.05, 0.1) is 10.4 Å². The molecule has 96 valence electrons. The summed E-state index contributed by atoms with van der Waals surface area (Å²) < 4.78 is 0.829. The Morgan fingerprint density at radius 3 is 2.82 bits per heavy atom. The number of nitrogens with one attached hydrogen (secondary N) is 1. The Morgan fingerprint density at radius 1 is 1.35 bits per heavy atom. The SMILES string of the molecule is CC(NC1CCCCCC1O)c1ccc(Cl)s1. The van der Waals surface area contributed by atoms with Gasteiger partial charge in [0.25, 0.3) is 0 Å². The van der Waals surface area contributed by atoms with Crippen molar-refractivity contribution in [3.63, 3.8) is 0 Å². The van der Waals surface area contributed by atoms with Crippen LogP contribution in [0.1, 0.15) is 49.9 Å². The molecule has 0 amide bonds. The lowest BCUT2D eigenvalue weighted by molar-refractivity contribution is 0.115. The lowest BCUT2D eigenvalue weighted by Gasteiger charge is -2.25. The van der Waals surface area contributed by atoms with Crippen LogP contribution in [0, 0.1) is 0 Å². The van der Waals surface area contributed by atoms with Crippen molar-refractivity contribution in [2.24, 2.45) is 0 Å². The first kappa shape index (κ1) is 13.3. The second kappa shape index (κ2) is 6.19. The summed E-state index contributed by atoms with van der Waals surface area (Å²) in [5.74, 6) is 0. The van der Waals surface area contributed by atoms with E-state index in [4.69, 9.17) is 11.6 Å². The topological polar surface area (TPSA) is 32.3 Å². The van der Waals surface area contributed by atoms with Crippen molar-refractivity contribution in [3.05, 3.63) is 21.3 Å². The third-order valence-corrected chi connectivity index (χ3v) is 4.88. The van der Waals surface area contributed by atoms with Crippen molar-refractivity contribution in [2.45, 2.75) is 57.2 Å². The quantitative estimate of drug-likeness (QED) is 0.822. The van der Waals surface area contributed by atoms with E-state index in [0.717, 1.165) is 23.6 Å². The van der Waals surface area contributed by atoms with Gasteiger partial charge in [-0.2, -0.15) is 0 Å². The number of halogens is 1. The highest BCUT2D eigenvalue weighted by atomic mass is 35.5. The van der Waals surface area contributed by atoms with Crippen LogP contribution in [-0.2, 0) is 0 Å². The van der Waals surface area contributed by atoms with Gasteiger partial charge in [-0.3, -0.25) is 0 Å². The summed E-state index contributed by atoms with van der Waals surface area (Å²) in [7, 11) is 0. The van der Waals surface area contributed by atoms with Crippen molar-refractivity contribution in [3.8, 4) is 0 Å². The average Bonchev–Trinajstić information content (AvgIpc) is 2.63. The molecule has 1 aromatic rings. The smallest absolute Gasteiger partial charge is 0.0931 e. The zero-order valence-corrected chi connectivity index (χ0v) is 11.7. The lowest BCUT2D eigenvalue weighted by Crippen LogP contribution is -2.40. The maximum atomic E-state index is 10.1. The second-order valence-corrected chi connectivity index (χ2v) is 6.59. The van der Waals surface area contributed by atoms with Crippen LogP contribution in [0.5, 0.6) is 0 Å². The first-order valence-corrected chi connectivity index (χ1v) is 7.55. The van der Waals surface area contributed by atoms with Gasteiger partial charge in [-0.1, -0.05) is 30.9 Å². The van der Waals surface area contributed by atoms with Crippen LogP contribution in [0.15, 0.2) is 12.1 Å². The molecule has 0 aliphatic heterocycles. The summed E-state index contributed by atoms with van der Waals surface area (Å²) in [4.78, 5) is 1.24. The first-order valence-electron chi connectivity index (χ1n) is 6.36. The van der Waals surface area contributed by atoms with Crippen LogP contribution in [-0.4, -0.2) is 17.3 Å². The normalized spacial score (nSPS) is 27.7. The zero-order chi connectivity index (χ0) is 12.3. The number of aliphatic hydroxyl groups excluding tert-OH is 1. The van der Waals surface area contributed by atoms with Crippen molar-refractivity contribution >= 4 is 22.9 Å². The Kier molecular flexibility index (Phi) is 4.86. The Labute approximate surface area is 112 Å². The van der Waals surface area contributed by atoms with Gasteiger partial charge >= 0.3 is 0 Å². The van der Waals surface area contributed by atoms with E-state index in [1.54, 1.807) is 11.3 Å². The molecule has 0 saturated heterocycles. The molecule has 1 aromatic heterocycles. The van der Waals surface area contributed by atoms with Crippen LogP contribution in [0.3, 0.4) is 0 Å². The summed E-state index contributed by atoms with van der Waals surface area (Å²) in [6.45, 7) is 2.14. The van der Waals surface area contributed by atoms with E-state index in [1.807, 2.05) is 6.07 Å². The number of hydrogen-bond donors (Lipinski definition) is 2. The van der Waals surface area contributed by atoms with Gasteiger partial charge in [-0.25, -0.2) is 0 Å². The molecule has 2 N–H and O–H groups in total. The summed E-state index contributed by atoms with van der Waals surface area (Å²) in [5.41, 5.74) is 0. The fraction of sp³-hybridized carbons (Fsp3) is 0.692. The predicted molar refractivity (Wildman–Crippen MR) is 73.8 cm³/mol. The highest BCUT2D eigenvalue weighted by Gasteiger charge is 2.23. The molecule has 0 spiro atoms. The Balaban J connectivity index is 1.94. The van der Waals surface area contributed by atoms with Crippen molar-refractivity contribution in [1.82, 2.24) is 5.32 Å². The van der Waals surface area contributed by atoms with E-state index in [0.29, 0.717) is 0 Å². The molecule has 0 aromatic carbocycles. The summed E-state index contributed by atoms with van der Waals surface area (Å²) >= 11 is 7.56.